The minimum Gasteiger partial charge on any atom is -0.283 e. The van der Waals surface area contributed by atoms with Crippen LogP contribution in [0.1, 0.15) is 46.0 Å². The van der Waals surface area contributed by atoms with E-state index in [1.54, 1.807) is 5.57 Å². The molecule has 3 atom stereocenters. The van der Waals surface area contributed by atoms with E-state index >= 15 is 0 Å². The molecule has 3 unspecified atom stereocenters. The predicted molar refractivity (Wildman–Crippen MR) is 62.5 cm³/mol. The van der Waals surface area contributed by atoms with Gasteiger partial charge in [0.05, 0.1) is 0 Å². The van der Waals surface area contributed by atoms with Crippen molar-refractivity contribution in [3.8, 4) is 0 Å². The largest absolute Gasteiger partial charge is 0.283 e. The van der Waals surface area contributed by atoms with E-state index in [1.807, 2.05) is 0 Å². The fourth-order valence-electron chi connectivity index (χ4n) is 3.32. The van der Waals surface area contributed by atoms with Crippen LogP contribution in [0.2, 0.25) is 0 Å². The predicted octanol–water partition coefficient (Wildman–Crippen LogP) is 3.07. The highest BCUT2D eigenvalue weighted by Crippen LogP contribution is 2.49. The Morgan fingerprint density at radius 1 is 1.13 bits per heavy atom. The zero-order valence-electron chi connectivity index (χ0n) is 9.71. The van der Waals surface area contributed by atoms with Crippen LogP contribution in [0.25, 0.3) is 0 Å². The summed E-state index contributed by atoms with van der Waals surface area (Å²) in [5, 5.41) is 4.41. The highest BCUT2D eigenvalue weighted by Gasteiger charge is 2.39. The van der Waals surface area contributed by atoms with Gasteiger partial charge < -0.3 is 0 Å². The molecule has 1 N–H and O–H groups in total. The number of hydrogen-bond acceptors (Lipinski definition) is 2. The van der Waals surface area contributed by atoms with E-state index in [0.29, 0.717) is 5.92 Å². The summed E-state index contributed by atoms with van der Waals surface area (Å²) in [6.07, 6.45) is 6.99. The number of nitrogens with zero attached hydrogens (tertiary/aromatic N) is 1. The van der Waals surface area contributed by atoms with Gasteiger partial charge in [0, 0.05) is 17.3 Å². The van der Waals surface area contributed by atoms with E-state index in [-0.39, 0.29) is 0 Å². The first-order valence-electron chi connectivity index (χ1n) is 6.25. The average molecular weight is 204 g/mol. The molecule has 3 rings (SSSR count). The van der Waals surface area contributed by atoms with Gasteiger partial charge in [0.2, 0.25) is 0 Å². The van der Waals surface area contributed by atoms with Gasteiger partial charge in [0.15, 0.2) is 0 Å². The van der Waals surface area contributed by atoms with Gasteiger partial charge in [-0.1, -0.05) is 0 Å². The Balaban J connectivity index is 1.85. The lowest BCUT2D eigenvalue weighted by molar-refractivity contribution is 0.492. The number of hydrogen-bond donors (Lipinski definition) is 1. The zero-order chi connectivity index (χ0) is 10.4. The molecular formula is C13H20N2. The van der Waals surface area contributed by atoms with Crippen LogP contribution < -0.4 is 5.43 Å². The second kappa shape index (κ2) is 3.36. The maximum Gasteiger partial charge on any atom is 0.0423 e. The van der Waals surface area contributed by atoms with Crippen LogP contribution in [-0.4, -0.2) is 5.71 Å². The molecule has 2 heteroatoms. The summed E-state index contributed by atoms with van der Waals surface area (Å²) in [5.74, 6) is 2.78. The molecule has 2 nitrogen and oxygen atoms in total. The van der Waals surface area contributed by atoms with Crippen LogP contribution in [0.15, 0.2) is 16.4 Å². The van der Waals surface area contributed by atoms with Gasteiger partial charge in [0.25, 0.3) is 0 Å². The molecule has 2 aliphatic carbocycles. The van der Waals surface area contributed by atoms with Crippen molar-refractivity contribution in [2.45, 2.75) is 46.0 Å². The molecule has 0 radical (unpaired) electrons. The molecule has 2 saturated carbocycles. The second-order valence-corrected chi connectivity index (χ2v) is 5.44. The van der Waals surface area contributed by atoms with E-state index in [4.69, 9.17) is 0 Å². The van der Waals surface area contributed by atoms with Crippen LogP contribution >= 0.6 is 0 Å². The molecule has 3 aliphatic rings. The Hall–Kier alpha value is -0.790. The molecule has 0 aromatic heterocycles. The molecular weight excluding hydrogens is 184 g/mol. The van der Waals surface area contributed by atoms with Crippen LogP contribution in [0.4, 0.5) is 0 Å². The standard InChI is InChI=1S/C13H20N2/c1-8-12-5-3-10-7-11(10)4-6-13(12)9(2)15-14-8/h10-12,15H,3-7H2,1-2H3. The minimum absolute atomic E-state index is 0.660. The Morgan fingerprint density at radius 3 is 2.80 bits per heavy atom. The molecule has 2 fully saturated rings. The molecule has 0 aromatic rings. The molecule has 82 valence electrons. The molecule has 0 amide bonds. The Kier molecular flexibility index (Phi) is 2.11. The van der Waals surface area contributed by atoms with Crippen LogP contribution in [0.5, 0.6) is 0 Å². The van der Waals surface area contributed by atoms with Crippen molar-refractivity contribution in [3.63, 3.8) is 0 Å². The van der Waals surface area contributed by atoms with Gasteiger partial charge in [-0.25, -0.2) is 0 Å². The van der Waals surface area contributed by atoms with Gasteiger partial charge in [-0.05, 0) is 63.4 Å². The van der Waals surface area contributed by atoms with Gasteiger partial charge in [0.1, 0.15) is 0 Å². The summed E-state index contributed by atoms with van der Waals surface area (Å²) < 4.78 is 0. The summed E-state index contributed by atoms with van der Waals surface area (Å²) in [6, 6.07) is 0. The lowest BCUT2D eigenvalue weighted by Gasteiger charge is -2.28. The quantitative estimate of drug-likeness (QED) is 0.644. The maximum atomic E-state index is 4.41. The lowest BCUT2D eigenvalue weighted by atomic mass is 9.82. The van der Waals surface area contributed by atoms with Crippen molar-refractivity contribution in [1.29, 1.82) is 0 Å². The van der Waals surface area contributed by atoms with E-state index in [0.717, 1.165) is 11.8 Å². The van der Waals surface area contributed by atoms with Crippen molar-refractivity contribution in [2.75, 3.05) is 0 Å². The summed E-state index contributed by atoms with van der Waals surface area (Å²) in [7, 11) is 0. The van der Waals surface area contributed by atoms with Crippen LogP contribution in [-0.2, 0) is 0 Å². The first-order chi connectivity index (χ1) is 7.25. The van der Waals surface area contributed by atoms with Gasteiger partial charge in [-0.15, -0.1) is 0 Å². The van der Waals surface area contributed by atoms with E-state index in [2.05, 4.69) is 24.4 Å². The van der Waals surface area contributed by atoms with E-state index in [9.17, 15) is 0 Å². The average Bonchev–Trinajstić information content (AvgIpc) is 2.91. The Bertz CT molecular complexity index is 340. The lowest BCUT2D eigenvalue weighted by Crippen LogP contribution is -2.26. The number of nitrogens with one attached hydrogen (secondary N) is 1. The summed E-state index contributed by atoms with van der Waals surface area (Å²) >= 11 is 0. The zero-order valence-corrected chi connectivity index (χ0v) is 9.71. The number of hydrazone groups is 1. The first-order valence-corrected chi connectivity index (χ1v) is 6.25. The molecule has 0 spiro atoms. The molecule has 0 saturated heterocycles. The van der Waals surface area contributed by atoms with Crippen molar-refractivity contribution in [3.05, 3.63) is 11.3 Å². The SMILES string of the molecule is CC1=NNC(C)=C2CCC3CC3CCC12. The third kappa shape index (κ3) is 1.60. The minimum atomic E-state index is 0.660. The summed E-state index contributed by atoms with van der Waals surface area (Å²) in [4.78, 5) is 0. The molecule has 1 heterocycles. The topological polar surface area (TPSA) is 24.4 Å². The van der Waals surface area contributed by atoms with E-state index < -0.39 is 0 Å². The van der Waals surface area contributed by atoms with Crippen molar-refractivity contribution in [1.82, 2.24) is 5.43 Å². The smallest absolute Gasteiger partial charge is 0.0423 e. The van der Waals surface area contributed by atoms with Crippen molar-refractivity contribution in [2.24, 2.45) is 22.9 Å². The second-order valence-electron chi connectivity index (χ2n) is 5.44. The molecule has 15 heavy (non-hydrogen) atoms. The maximum absolute atomic E-state index is 4.41. The fourth-order valence-corrected chi connectivity index (χ4v) is 3.32. The number of fused-ring (bicyclic) bond motifs is 2. The normalized spacial score (nSPS) is 39.3. The fraction of sp³-hybridized carbons (Fsp3) is 0.769. The molecule has 1 aliphatic heterocycles. The monoisotopic (exact) mass is 204 g/mol. The Morgan fingerprint density at radius 2 is 1.93 bits per heavy atom. The van der Waals surface area contributed by atoms with Gasteiger partial charge in [-0.3, -0.25) is 5.43 Å². The van der Waals surface area contributed by atoms with Crippen LogP contribution in [0, 0.1) is 17.8 Å². The third-order valence-electron chi connectivity index (χ3n) is 4.49. The Labute approximate surface area is 91.8 Å². The molecule has 0 bridgehead atoms. The third-order valence-corrected chi connectivity index (χ3v) is 4.49. The number of allylic oxidation sites excluding steroid dienone is 2. The molecule has 0 aromatic carbocycles. The number of rotatable bonds is 0. The van der Waals surface area contributed by atoms with Crippen molar-refractivity contribution < 1.29 is 0 Å². The summed E-state index contributed by atoms with van der Waals surface area (Å²) in [5.41, 5.74) is 7.45. The summed E-state index contributed by atoms with van der Waals surface area (Å²) in [6.45, 7) is 4.36. The van der Waals surface area contributed by atoms with Crippen molar-refractivity contribution >= 4 is 5.71 Å². The van der Waals surface area contributed by atoms with Gasteiger partial charge in [-0.2, -0.15) is 5.10 Å². The van der Waals surface area contributed by atoms with E-state index in [1.165, 1.54) is 43.5 Å². The highest BCUT2D eigenvalue weighted by molar-refractivity contribution is 5.87. The van der Waals surface area contributed by atoms with Gasteiger partial charge >= 0.3 is 0 Å². The first kappa shape index (κ1) is 9.44. The highest BCUT2D eigenvalue weighted by atomic mass is 15.3. The van der Waals surface area contributed by atoms with Crippen LogP contribution in [0.3, 0.4) is 0 Å².